The Balaban J connectivity index is 0.000000424. The number of hydrogen-bond donors (Lipinski definition) is 2. The van der Waals surface area contributed by atoms with Gasteiger partial charge in [-0.25, -0.2) is 0 Å². The summed E-state index contributed by atoms with van der Waals surface area (Å²) in [6.07, 6.45) is 0.266. The Bertz CT molecular complexity index is 201. The van der Waals surface area contributed by atoms with Crippen LogP contribution in [0.2, 0.25) is 0 Å². The van der Waals surface area contributed by atoms with Crippen LogP contribution in [0.25, 0.3) is 0 Å². The second kappa shape index (κ2) is 7.64. The zero-order valence-corrected chi connectivity index (χ0v) is 7.84. The molecule has 2 N–H and O–H groups in total. The van der Waals surface area contributed by atoms with Crippen molar-refractivity contribution in [3.05, 3.63) is 30.3 Å². The Hall–Kier alpha value is -0.995. The molecule has 0 aliphatic heterocycles. The minimum atomic E-state index is 0. The molecule has 4 heteroatoms. The van der Waals surface area contributed by atoms with Crippen molar-refractivity contribution in [2.24, 2.45) is 0 Å². The lowest BCUT2D eigenvalue weighted by atomic mass is 10.3. The SMILES string of the molecule is CC(C)Oc1ccccc1.O[B]O. The summed E-state index contributed by atoms with van der Waals surface area (Å²) in [6.45, 7) is 4.04. The van der Waals surface area contributed by atoms with Crippen LogP contribution >= 0.6 is 0 Å². The first kappa shape index (κ1) is 12.0. The van der Waals surface area contributed by atoms with Gasteiger partial charge in [0.1, 0.15) is 5.75 Å². The zero-order valence-electron chi connectivity index (χ0n) is 7.84. The van der Waals surface area contributed by atoms with E-state index in [1.807, 2.05) is 44.2 Å². The van der Waals surface area contributed by atoms with Gasteiger partial charge in [-0.2, -0.15) is 0 Å². The van der Waals surface area contributed by atoms with Crippen LogP contribution in [0.15, 0.2) is 30.3 Å². The Kier molecular flexibility index (Phi) is 7.06. The van der Waals surface area contributed by atoms with Crippen molar-refractivity contribution in [2.75, 3.05) is 0 Å². The Labute approximate surface area is 79.3 Å². The molecule has 71 valence electrons. The molecule has 0 unspecified atom stereocenters. The topological polar surface area (TPSA) is 49.7 Å². The van der Waals surface area contributed by atoms with Crippen molar-refractivity contribution in [3.8, 4) is 5.75 Å². The second-order valence-corrected chi connectivity index (χ2v) is 2.60. The minimum absolute atomic E-state index is 0. The van der Waals surface area contributed by atoms with E-state index in [-0.39, 0.29) is 13.8 Å². The van der Waals surface area contributed by atoms with E-state index in [0.717, 1.165) is 5.75 Å². The Morgan fingerprint density at radius 3 is 2.00 bits per heavy atom. The molecule has 1 radical (unpaired) electrons. The summed E-state index contributed by atoms with van der Waals surface area (Å²) in [5, 5.41) is 14.0. The summed E-state index contributed by atoms with van der Waals surface area (Å²) in [4.78, 5) is 0. The Morgan fingerprint density at radius 2 is 1.62 bits per heavy atom. The zero-order chi connectivity index (χ0) is 10.1. The van der Waals surface area contributed by atoms with Crippen LogP contribution < -0.4 is 4.74 Å². The summed E-state index contributed by atoms with van der Waals surface area (Å²) in [5.41, 5.74) is 0. The van der Waals surface area contributed by atoms with Crippen molar-refractivity contribution in [2.45, 2.75) is 20.0 Å². The molecule has 3 nitrogen and oxygen atoms in total. The summed E-state index contributed by atoms with van der Waals surface area (Å²) in [5.74, 6) is 0.942. The highest BCUT2D eigenvalue weighted by molar-refractivity contribution is 6.13. The number of rotatable bonds is 2. The van der Waals surface area contributed by atoms with Gasteiger partial charge in [-0.15, -0.1) is 0 Å². The molecule has 0 aliphatic carbocycles. The monoisotopic (exact) mass is 181 g/mol. The second-order valence-electron chi connectivity index (χ2n) is 2.60. The maximum atomic E-state index is 7.00. The van der Waals surface area contributed by atoms with Crippen LogP contribution in [0.4, 0.5) is 0 Å². The summed E-state index contributed by atoms with van der Waals surface area (Å²) in [6, 6.07) is 9.84. The maximum absolute atomic E-state index is 7.00. The normalized spacial score (nSPS) is 8.69. The maximum Gasteiger partial charge on any atom is 0.482 e. The summed E-state index contributed by atoms with van der Waals surface area (Å²) < 4.78 is 5.41. The van der Waals surface area contributed by atoms with Gasteiger partial charge in [0.25, 0.3) is 0 Å². The molecule has 0 heterocycles. The van der Waals surface area contributed by atoms with Gasteiger partial charge in [0.15, 0.2) is 0 Å². The molecule has 1 aromatic rings. The van der Waals surface area contributed by atoms with Crippen LogP contribution in [-0.4, -0.2) is 23.8 Å². The minimum Gasteiger partial charge on any atom is -0.491 e. The van der Waals surface area contributed by atoms with Crippen LogP contribution in [0, 0.1) is 0 Å². The molecule has 0 saturated carbocycles. The fourth-order valence-electron chi connectivity index (χ4n) is 0.771. The third-order valence-corrected chi connectivity index (χ3v) is 1.11. The fourth-order valence-corrected chi connectivity index (χ4v) is 0.771. The standard InChI is InChI=1S/C9H12O.BH2O2/c1-8(2)10-9-6-4-3-5-7-9;2-1-3/h3-8H,1-2H3;2-3H. The lowest BCUT2D eigenvalue weighted by molar-refractivity contribution is 0.242. The molecule has 1 aromatic carbocycles. The largest absolute Gasteiger partial charge is 0.491 e. The summed E-state index contributed by atoms with van der Waals surface area (Å²) in [7, 11) is 0. The van der Waals surface area contributed by atoms with E-state index < -0.39 is 0 Å². The van der Waals surface area contributed by atoms with Gasteiger partial charge in [-0.05, 0) is 26.0 Å². The number of ether oxygens (including phenoxy) is 1. The van der Waals surface area contributed by atoms with Crippen LogP contribution in [0.5, 0.6) is 5.75 Å². The predicted molar refractivity (Wildman–Crippen MR) is 52.4 cm³/mol. The molecule has 0 amide bonds. The first-order valence-electron chi connectivity index (χ1n) is 4.02. The molecule has 1 rings (SSSR count). The molecule has 0 atom stereocenters. The average molecular weight is 181 g/mol. The molecule has 0 aliphatic rings. The van der Waals surface area contributed by atoms with Crippen molar-refractivity contribution in [1.29, 1.82) is 0 Å². The van der Waals surface area contributed by atoms with E-state index in [0.29, 0.717) is 0 Å². The molecule has 0 aromatic heterocycles. The highest BCUT2D eigenvalue weighted by Gasteiger charge is 1.92. The van der Waals surface area contributed by atoms with E-state index >= 15 is 0 Å². The van der Waals surface area contributed by atoms with Gasteiger partial charge in [0.05, 0.1) is 6.10 Å². The van der Waals surface area contributed by atoms with E-state index in [4.69, 9.17) is 14.8 Å². The fraction of sp³-hybridized carbons (Fsp3) is 0.333. The third-order valence-electron chi connectivity index (χ3n) is 1.11. The first-order chi connectivity index (χ1) is 6.20. The summed E-state index contributed by atoms with van der Waals surface area (Å²) >= 11 is 0. The Morgan fingerprint density at radius 1 is 1.15 bits per heavy atom. The molecule has 0 saturated heterocycles. The van der Waals surface area contributed by atoms with Gasteiger partial charge in [0, 0.05) is 0 Å². The lowest BCUT2D eigenvalue weighted by Gasteiger charge is -2.07. The average Bonchev–Trinajstić information content (AvgIpc) is 2.06. The van der Waals surface area contributed by atoms with Gasteiger partial charge in [-0.1, -0.05) is 18.2 Å². The van der Waals surface area contributed by atoms with Gasteiger partial charge < -0.3 is 14.8 Å². The smallest absolute Gasteiger partial charge is 0.482 e. The molecule has 0 fully saturated rings. The first-order valence-corrected chi connectivity index (χ1v) is 4.02. The van der Waals surface area contributed by atoms with Gasteiger partial charge in [0.2, 0.25) is 0 Å². The van der Waals surface area contributed by atoms with Crippen LogP contribution in [0.3, 0.4) is 0 Å². The quantitative estimate of drug-likeness (QED) is 0.668. The molecular formula is C9H14BO3. The van der Waals surface area contributed by atoms with Crippen molar-refractivity contribution in [3.63, 3.8) is 0 Å². The van der Waals surface area contributed by atoms with E-state index in [1.165, 1.54) is 0 Å². The number of hydrogen-bond acceptors (Lipinski definition) is 3. The highest BCUT2D eigenvalue weighted by atomic mass is 16.5. The number of para-hydroxylation sites is 1. The van der Waals surface area contributed by atoms with E-state index in [2.05, 4.69) is 0 Å². The molecular weight excluding hydrogens is 167 g/mol. The van der Waals surface area contributed by atoms with Gasteiger partial charge >= 0.3 is 7.69 Å². The van der Waals surface area contributed by atoms with Crippen molar-refractivity contribution < 1.29 is 14.8 Å². The van der Waals surface area contributed by atoms with Gasteiger partial charge in [-0.3, -0.25) is 0 Å². The van der Waals surface area contributed by atoms with Crippen molar-refractivity contribution in [1.82, 2.24) is 0 Å². The lowest BCUT2D eigenvalue weighted by Crippen LogP contribution is -2.04. The number of benzene rings is 1. The van der Waals surface area contributed by atoms with Crippen molar-refractivity contribution >= 4 is 7.69 Å². The molecule has 0 bridgehead atoms. The highest BCUT2D eigenvalue weighted by Crippen LogP contribution is 2.09. The third kappa shape index (κ3) is 7.37. The molecule has 13 heavy (non-hydrogen) atoms. The van der Waals surface area contributed by atoms with Crippen LogP contribution in [0.1, 0.15) is 13.8 Å². The van der Waals surface area contributed by atoms with E-state index in [1.54, 1.807) is 0 Å². The van der Waals surface area contributed by atoms with E-state index in [9.17, 15) is 0 Å². The van der Waals surface area contributed by atoms with Crippen LogP contribution in [-0.2, 0) is 0 Å². The molecule has 0 spiro atoms. The predicted octanol–water partition coefficient (Wildman–Crippen LogP) is 0.979.